The predicted octanol–water partition coefficient (Wildman–Crippen LogP) is 2.67. The normalized spacial score (nSPS) is 30.1. The van der Waals surface area contributed by atoms with Crippen LogP contribution in [0.2, 0.25) is 0 Å². The molecule has 1 unspecified atom stereocenters. The summed E-state index contributed by atoms with van der Waals surface area (Å²) in [7, 11) is 0. The molecule has 0 radical (unpaired) electrons. The van der Waals surface area contributed by atoms with E-state index in [1.807, 2.05) is 0 Å². The molecule has 1 aliphatic heterocycles. The number of aliphatic carboxylic acids is 1. The van der Waals surface area contributed by atoms with Gasteiger partial charge in [0.1, 0.15) is 5.54 Å². The topological polar surface area (TPSA) is 66.4 Å². The van der Waals surface area contributed by atoms with Crippen LogP contribution < -0.4 is 5.32 Å². The van der Waals surface area contributed by atoms with Crippen LogP contribution in [0.25, 0.3) is 0 Å². The lowest BCUT2D eigenvalue weighted by Crippen LogP contribution is -2.55. The number of carboxylic acids is 1. The van der Waals surface area contributed by atoms with E-state index in [2.05, 4.69) is 19.2 Å². The van der Waals surface area contributed by atoms with Crippen LogP contribution in [0.3, 0.4) is 0 Å². The van der Waals surface area contributed by atoms with Crippen molar-refractivity contribution in [2.75, 3.05) is 11.5 Å². The largest absolute Gasteiger partial charge is 0.479 e. The van der Waals surface area contributed by atoms with Crippen molar-refractivity contribution in [2.24, 2.45) is 11.3 Å². The second-order valence-electron chi connectivity index (χ2n) is 7.05. The first-order valence-electron chi connectivity index (χ1n) is 7.45. The third-order valence-corrected chi connectivity index (χ3v) is 5.93. The van der Waals surface area contributed by atoms with Gasteiger partial charge in [-0.1, -0.05) is 13.8 Å². The number of amides is 1. The summed E-state index contributed by atoms with van der Waals surface area (Å²) in [6.07, 6.45) is 5.49. The van der Waals surface area contributed by atoms with E-state index in [4.69, 9.17) is 0 Å². The van der Waals surface area contributed by atoms with Gasteiger partial charge in [-0.05, 0) is 49.2 Å². The highest BCUT2D eigenvalue weighted by molar-refractivity contribution is 7.99. The molecule has 1 amide bonds. The maximum atomic E-state index is 12.2. The molecule has 1 heterocycles. The number of hydrogen-bond donors (Lipinski definition) is 2. The number of nitrogens with one attached hydrogen (secondary N) is 1. The monoisotopic (exact) mass is 299 g/mol. The van der Waals surface area contributed by atoms with Crippen LogP contribution in [0.4, 0.5) is 0 Å². The summed E-state index contributed by atoms with van der Waals surface area (Å²) < 4.78 is 0. The lowest BCUT2D eigenvalue weighted by molar-refractivity contribution is -0.146. The Kier molecular flexibility index (Phi) is 4.67. The average molecular weight is 299 g/mol. The summed E-state index contributed by atoms with van der Waals surface area (Å²) >= 11 is 1.60. The maximum Gasteiger partial charge on any atom is 0.330 e. The SMILES string of the molecule is CC1(C)CCC(CC(=O)NC2(C(=O)O)CCSC2)CC1. The van der Waals surface area contributed by atoms with E-state index in [1.54, 1.807) is 11.8 Å². The van der Waals surface area contributed by atoms with Crippen molar-refractivity contribution in [1.82, 2.24) is 5.32 Å². The predicted molar refractivity (Wildman–Crippen MR) is 80.8 cm³/mol. The molecule has 2 N–H and O–H groups in total. The van der Waals surface area contributed by atoms with E-state index in [1.165, 1.54) is 0 Å². The Morgan fingerprint density at radius 2 is 1.90 bits per heavy atom. The minimum absolute atomic E-state index is 0.0837. The molecule has 4 nitrogen and oxygen atoms in total. The number of rotatable bonds is 4. The third-order valence-electron chi connectivity index (χ3n) is 4.74. The molecular weight excluding hydrogens is 274 g/mol. The van der Waals surface area contributed by atoms with Crippen LogP contribution in [0.1, 0.15) is 52.4 Å². The first-order valence-corrected chi connectivity index (χ1v) is 8.61. The minimum atomic E-state index is -1.02. The van der Waals surface area contributed by atoms with Gasteiger partial charge in [-0.15, -0.1) is 0 Å². The Morgan fingerprint density at radius 3 is 2.40 bits per heavy atom. The summed E-state index contributed by atoms with van der Waals surface area (Å²) in [5.74, 6) is 0.749. The highest BCUT2D eigenvalue weighted by atomic mass is 32.2. The minimum Gasteiger partial charge on any atom is -0.479 e. The van der Waals surface area contributed by atoms with Gasteiger partial charge >= 0.3 is 5.97 Å². The fourth-order valence-electron chi connectivity index (χ4n) is 3.13. The molecular formula is C15H25NO3S. The Labute approximate surface area is 125 Å². The fraction of sp³-hybridized carbons (Fsp3) is 0.867. The van der Waals surface area contributed by atoms with Gasteiger partial charge in [0, 0.05) is 12.2 Å². The second-order valence-corrected chi connectivity index (χ2v) is 8.15. The van der Waals surface area contributed by atoms with Gasteiger partial charge in [0.05, 0.1) is 0 Å². The summed E-state index contributed by atoms with van der Waals surface area (Å²) in [4.78, 5) is 23.6. The molecule has 1 atom stereocenters. The van der Waals surface area contributed by atoms with Gasteiger partial charge in [-0.25, -0.2) is 4.79 Å². The van der Waals surface area contributed by atoms with E-state index < -0.39 is 11.5 Å². The molecule has 114 valence electrons. The van der Waals surface area contributed by atoms with Crippen molar-refractivity contribution in [3.63, 3.8) is 0 Å². The van der Waals surface area contributed by atoms with Crippen molar-refractivity contribution in [3.8, 4) is 0 Å². The summed E-state index contributed by atoms with van der Waals surface area (Å²) in [5, 5.41) is 12.2. The number of carbonyl (C=O) groups excluding carboxylic acids is 1. The molecule has 0 aromatic carbocycles. The lowest BCUT2D eigenvalue weighted by Gasteiger charge is -2.34. The number of hydrogen-bond acceptors (Lipinski definition) is 3. The Hall–Kier alpha value is -0.710. The first kappa shape index (κ1) is 15.7. The zero-order valence-corrected chi connectivity index (χ0v) is 13.2. The second kappa shape index (κ2) is 5.96. The molecule has 2 aliphatic rings. The number of carboxylic acid groups (broad SMARTS) is 1. The highest BCUT2D eigenvalue weighted by Gasteiger charge is 2.43. The van der Waals surface area contributed by atoms with Gasteiger partial charge in [0.15, 0.2) is 0 Å². The van der Waals surface area contributed by atoms with E-state index in [-0.39, 0.29) is 5.91 Å². The lowest BCUT2D eigenvalue weighted by atomic mass is 9.72. The van der Waals surface area contributed by atoms with Crippen LogP contribution >= 0.6 is 11.8 Å². The van der Waals surface area contributed by atoms with E-state index in [0.29, 0.717) is 29.9 Å². The van der Waals surface area contributed by atoms with Crippen LogP contribution in [-0.4, -0.2) is 34.0 Å². The van der Waals surface area contributed by atoms with Crippen LogP contribution in [0.15, 0.2) is 0 Å². The Morgan fingerprint density at radius 1 is 1.25 bits per heavy atom. The van der Waals surface area contributed by atoms with Crippen LogP contribution in [0.5, 0.6) is 0 Å². The fourth-order valence-corrected chi connectivity index (χ4v) is 4.45. The molecule has 5 heteroatoms. The first-order chi connectivity index (χ1) is 9.33. The Balaban J connectivity index is 1.85. The van der Waals surface area contributed by atoms with Gasteiger partial charge in [-0.2, -0.15) is 11.8 Å². The quantitative estimate of drug-likeness (QED) is 0.837. The van der Waals surface area contributed by atoms with Gasteiger partial charge in [0.25, 0.3) is 0 Å². The average Bonchev–Trinajstić information content (AvgIpc) is 2.82. The van der Waals surface area contributed by atoms with E-state index in [0.717, 1.165) is 31.4 Å². The van der Waals surface area contributed by atoms with Gasteiger partial charge in [-0.3, -0.25) is 4.79 Å². The summed E-state index contributed by atoms with van der Waals surface area (Å²) in [6, 6.07) is 0. The molecule has 0 aromatic heterocycles. The zero-order chi connectivity index (χ0) is 14.8. The van der Waals surface area contributed by atoms with Gasteiger partial charge < -0.3 is 10.4 Å². The summed E-state index contributed by atoms with van der Waals surface area (Å²) in [5.41, 5.74) is -0.618. The van der Waals surface area contributed by atoms with Crippen molar-refractivity contribution in [2.45, 2.75) is 57.9 Å². The molecule has 1 aliphatic carbocycles. The highest BCUT2D eigenvalue weighted by Crippen LogP contribution is 2.39. The maximum absolute atomic E-state index is 12.2. The number of thioether (sulfide) groups is 1. The molecule has 2 rings (SSSR count). The van der Waals surface area contributed by atoms with Crippen molar-refractivity contribution in [1.29, 1.82) is 0 Å². The molecule has 1 saturated heterocycles. The van der Waals surface area contributed by atoms with Crippen LogP contribution in [-0.2, 0) is 9.59 Å². The molecule has 20 heavy (non-hydrogen) atoms. The van der Waals surface area contributed by atoms with Crippen molar-refractivity contribution >= 4 is 23.6 Å². The van der Waals surface area contributed by atoms with Crippen molar-refractivity contribution in [3.05, 3.63) is 0 Å². The standard InChI is InChI=1S/C15H25NO3S/c1-14(2)5-3-11(4-6-14)9-12(17)16-15(13(18)19)7-8-20-10-15/h11H,3-10H2,1-2H3,(H,16,17)(H,18,19). The molecule has 1 saturated carbocycles. The molecule has 0 spiro atoms. The van der Waals surface area contributed by atoms with Crippen LogP contribution in [0, 0.1) is 11.3 Å². The third kappa shape index (κ3) is 3.68. The number of carbonyl (C=O) groups is 2. The molecule has 2 fully saturated rings. The van der Waals surface area contributed by atoms with E-state index in [9.17, 15) is 14.7 Å². The summed E-state index contributed by atoms with van der Waals surface area (Å²) in [6.45, 7) is 4.55. The Bertz CT molecular complexity index is 379. The van der Waals surface area contributed by atoms with Gasteiger partial charge in [0.2, 0.25) is 5.91 Å². The van der Waals surface area contributed by atoms with E-state index >= 15 is 0 Å². The molecule has 0 bridgehead atoms. The smallest absolute Gasteiger partial charge is 0.330 e. The van der Waals surface area contributed by atoms with Crippen molar-refractivity contribution < 1.29 is 14.7 Å². The molecule has 0 aromatic rings. The zero-order valence-electron chi connectivity index (χ0n) is 12.4.